The maximum atomic E-state index is 5.37. The van der Waals surface area contributed by atoms with Crippen molar-refractivity contribution in [3.63, 3.8) is 0 Å². The molecule has 1 aromatic heterocycles. The lowest BCUT2D eigenvalue weighted by molar-refractivity contribution is 0.660. The highest BCUT2D eigenvalue weighted by molar-refractivity contribution is 7.99. The summed E-state index contributed by atoms with van der Waals surface area (Å²) in [4.78, 5) is 13.2. The molecule has 8 aromatic carbocycles. The van der Waals surface area contributed by atoms with Crippen LogP contribution in [0, 0.1) is 0 Å². The van der Waals surface area contributed by atoms with E-state index in [9.17, 15) is 0 Å². The highest BCUT2D eigenvalue weighted by Gasteiger charge is 2.50. The summed E-state index contributed by atoms with van der Waals surface area (Å²) in [6.07, 6.45) is 0. The molecule has 2 heterocycles. The van der Waals surface area contributed by atoms with Crippen molar-refractivity contribution >= 4 is 11.8 Å². The van der Waals surface area contributed by atoms with Crippen LogP contribution in [0.5, 0.6) is 0 Å². The second-order valence-corrected chi connectivity index (χ2v) is 17.5. The van der Waals surface area contributed by atoms with Crippen LogP contribution in [-0.2, 0) is 10.8 Å². The Balaban J connectivity index is 1.03. The number of hydrogen-bond acceptors (Lipinski definition) is 3. The molecule has 0 amide bonds. The molecule has 0 fully saturated rings. The van der Waals surface area contributed by atoms with Crippen LogP contribution in [0.1, 0.15) is 47.2 Å². The zero-order valence-corrected chi connectivity index (χ0v) is 33.6. The van der Waals surface area contributed by atoms with E-state index >= 15 is 0 Å². The number of rotatable bonds is 4. The minimum Gasteiger partial charge on any atom is -0.228 e. The molecule has 278 valence electrons. The number of fused-ring (bicyclic) bond motifs is 12. The van der Waals surface area contributed by atoms with Crippen molar-refractivity contribution in [2.75, 3.05) is 0 Å². The minimum atomic E-state index is -0.425. The predicted molar refractivity (Wildman–Crippen MR) is 243 cm³/mol. The minimum absolute atomic E-state index is 0.108. The van der Waals surface area contributed by atoms with Gasteiger partial charge in [-0.15, -0.1) is 0 Å². The molecule has 0 saturated carbocycles. The number of nitrogens with zero attached hydrogens (tertiary/aromatic N) is 2. The van der Waals surface area contributed by atoms with E-state index in [1.54, 1.807) is 0 Å². The second kappa shape index (κ2) is 12.8. The molecular weight excluding hydrogens is 733 g/mol. The maximum Gasteiger partial charge on any atom is 0.160 e. The van der Waals surface area contributed by atoms with Crippen molar-refractivity contribution in [2.24, 2.45) is 0 Å². The Morgan fingerprint density at radius 3 is 1.63 bits per heavy atom. The number of aromatic nitrogens is 2. The molecule has 59 heavy (non-hydrogen) atoms. The third-order valence-corrected chi connectivity index (χ3v) is 14.2. The molecule has 2 aliphatic carbocycles. The second-order valence-electron chi connectivity index (χ2n) is 16.5. The van der Waals surface area contributed by atoms with Crippen molar-refractivity contribution in [3.05, 3.63) is 228 Å². The Bertz CT molecular complexity index is 3130. The summed E-state index contributed by atoms with van der Waals surface area (Å²) in [5.41, 5.74) is 20.1. The van der Waals surface area contributed by atoms with E-state index in [1.165, 1.54) is 71.0 Å². The fourth-order valence-electron chi connectivity index (χ4n) is 10.3. The van der Waals surface area contributed by atoms with Gasteiger partial charge < -0.3 is 0 Å². The van der Waals surface area contributed by atoms with Gasteiger partial charge >= 0.3 is 0 Å². The standard InChI is InChI=1S/C56H38N2S/c1-55(2)44-24-9-6-20-40(44)43-31-30-37(33-49(43)55)51-34-50(35-16-4-3-5-17-35)57-54(58-51)38-19-14-18-36(32-38)39-23-15-28-48-53(39)59-52-29-13-12-27-47(52)56(48)45-25-10-7-21-41(45)42-22-8-11-26-46(42)56/h3-34H,1-2H3. The van der Waals surface area contributed by atoms with Gasteiger partial charge in [-0.1, -0.05) is 195 Å². The molecule has 0 saturated heterocycles. The maximum absolute atomic E-state index is 5.37. The van der Waals surface area contributed by atoms with Gasteiger partial charge in [0.05, 0.1) is 16.8 Å². The van der Waals surface area contributed by atoms with Gasteiger partial charge in [-0.25, -0.2) is 9.97 Å². The zero-order chi connectivity index (χ0) is 39.3. The average Bonchev–Trinajstić information content (AvgIpc) is 3.72. The Hall–Kier alpha value is -6.81. The lowest BCUT2D eigenvalue weighted by Crippen LogP contribution is -2.32. The highest BCUT2D eigenvalue weighted by atomic mass is 32.2. The van der Waals surface area contributed by atoms with Crippen LogP contribution in [0.4, 0.5) is 0 Å². The SMILES string of the molecule is CC1(C)c2ccccc2-c2ccc(-c3cc(-c4ccccc4)nc(-c4cccc(-c5cccc6c5Sc5ccccc5C65c6ccccc6-c6ccccc65)c4)n3)cc21. The van der Waals surface area contributed by atoms with Crippen LogP contribution in [0.2, 0.25) is 0 Å². The van der Waals surface area contributed by atoms with Gasteiger partial charge in [-0.2, -0.15) is 0 Å². The van der Waals surface area contributed by atoms with E-state index in [1.807, 2.05) is 11.8 Å². The summed E-state index contributed by atoms with van der Waals surface area (Å²) in [5.74, 6) is 0.712. The molecule has 0 bridgehead atoms. The zero-order valence-electron chi connectivity index (χ0n) is 32.8. The Kier molecular flexibility index (Phi) is 7.46. The smallest absolute Gasteiger partial charge is 0.160 e. The molecule has 2 nitrogen and oxygen atoms in total. The molecule has 1 spiro atoms. The first-order valence-corrected chi connectivity index (χ1v) is 21.2. The van der Waals surface area contributed by atoms with Crippen molar-refractivity contribution < 1.29 is 0 Å². The fraction of sp³-hybridized carbons (Fsp3) is 0.0714. The van der Waals surface area contributed by atoms with Crippen LogP contribution in [0.3, 0.4) is 0 Å². The Morgan fingerprint density at radius 1 is 0.356 bits per heavy atom. The fourth-order valence-corrected chi connectivity index (χ4v) is 11.6. The molecule has 0 radical (unpaired) electrons. The van der Waals surface area contributed by atoms with Gasteiger partial charge in [0.25, 0.3) is 0 Å². The van der Waals surface area contributed by atoms with Crippen molar-refractivity contribution in [1.82, 2.24) is 9.97 Å². The van der Waals surface area contributed by atoms with Crippen LogP contribution in [-0.4, -0.2) is 9.97 Å². The first-order chi connectivity index (χ1) is 29.0. The largest absolute Gasteiger partial charge is 0.228 e. The summed E-state index contributed by atoms with van der Waals surface area (Å²) in [6, 6.07) is 71.1. The van der Waals surface area contributed by atoms with Crippen LogP contribution in [0.25, 0.3) is 67.3 Å². The third kappa shape index (κ3) is 4.95. The predicted octanol–water partition coefficient (Wildman–Crippen LogP) is 14.3. The summed E-state index contributed by atoms with van der Waals surface area (Å²) < 4.78 is 0. The van der Waals surface area contributed by atoms with Gasteiger partial charge in [0.1, 0.15) is 0 Å². The van der Waals surface area contributed by atoms with Crippen LogP contribution < -0.4 is 0 Å². The molecule has 0 atom stereocenters. The summed E-state index contributed by atoms with van der Waals surface area (Å²) >= 11 is 1.89. The van der Waals surface area contributed by atoms with Crippen molar-refractivity contribution in [3.8, 4) is 67.3 Å². The topological polar surface area (TPSA) is 25.8 Å². The molecule has 3 heteroatoms. The summed E-state index contributed by atoms with van der Waals surface area (Å²) in [7, 11) is 0. The molecule has 9 aromatic rings. The van der Waals surface area contributed by atoms with Gasteiger partial charge in [0, 0.05) is 31.9 Å². The van der Waals surface area contributed by atoms with E-state index < -0.39 is 5.41 Å². The normalized spacial score (nSPS) is 14.5. The molecule has 3 aliphatic rings. The number of benzene rings is 8. The Morgan fingerprint density at radius 2 is 0.881 bits per heavy atom. The third-order valence-electron chi connectivity index (χ3n) is 13.0. The molecule has 1 aliphatic heterocycles. The Labute approximate surface area is 349 Å². The van der Waals surface area contributed by atoms with E-state index in [4.69, 9.17) is 9.97 Å². The van der Waals surface area contributed by atoms with E-state index in [-0.39, 0.29) is 5.41 Å². The van der Waals surface area contributed by atoms with Crippen molar-refractivity contribution in [2.45, 2.75) is 34.5 Å². The van der Waals surface area contributed by atoms with Crippen LogP contribution >= 0.6 is 11.8 Å². The van der Waals surface area contributed by atoms with Gasteiger partial charge in [-0.3, -0.25) is 0 Å². The lowest BCUT2D eigenvalue weighted by Gasteiger charge is -2.40. The van der Waals surface area contributed by atoms with Gasteiger partial charge in [0.15, 0.2) is 5.82 Å². The molecule has 12 rings (SSSR count). The monoisotopic (exact) mass is 770 g/mol. The quantitative estimate of drug-likeness (QED) is 0.178. The molecule has 0 unspecified atom stereocenters. The first-order valence-electron chi connectivity index (χ1n) is 20.4. The molecular formula is C56H38N2S. The van der Waals surface area contributed by atoms with Gasteiger partial charge in [-0.05, 0) is 91.0 Å². The number of hydrogen-bond donors (Lipinski definition) is 0. The van der Waals surface area contributed by atoms with E-state index in [0.717, 1.165) is 33.6 Å². The van der Waals surface area contributed by atoms with Crippen LogP contribution in [0.15, 0.2) is 204 Å². The highest BCUT2D eigenvalue weighted by Crippen LogP contribution is 2.63. The summed E-state index contributed by atoms with van der Waals surface area (Å²) in [5, 5.41) is 0. The first kappa shape index (κ1) is 34.3. The average molecular weight is 771 g/mol. The van der Waals surface area contributed by atoms with E-state index in [0.29, 0.717) is 5.82 Å². The lowest BCUT2D eigenvalue weighted by atomic mass is 9.67. The van der Waals surface area contributed by atoms with Crippen molar-refractivity contribution in [1.29, 1.82) is 0 Å². The van der Waals surface area contributed by atoms with E-state index in [2.05, 4.69) is 208 Å². The van der Waals surface area contributed by atoms with Gasteiger partial charge in [0.2, 0.25) is 0 Å². The summed E-state index contributed by atoms with van der Waals surface area (Å²) in [6.45, 7) is 4.66. The molecule has 0 N–H and O–H groups in total.